The molecular formula is C12H18N2O2. The first-order valence-electron chi connectivity index (χ1n) is 5.30. The molecule has 0 aliphatic rings. The van der Waals surface area contributed by atoms with Crippen LogP contribution in [0.1, 0.15) is 11.1 Å². The Bertz CT molecular complexity index is 353. The summed E-state index contributed by atoms with van der Waals surface area (Å²) in [6.45, 7) is 3.14. The maximum absolute atomic E-state index is 10.7. The highest BCUT2D eigenvalue weighted by molar-refractivity contribution is 5.73. The molecule has 4 heteroatoms. The van der Waals surface area contributed by atoms with Crippen molar-refractivity contribution in [2.24, 2.45) is 0 Å². The van der Waals surface area contributed by atoms with E-state index in [1.807, 2.05) is 25.1 Å². The molecule has 1 atom stereocenters. The summed E-state index contributed by atoms with van der Waals surface area (Å²) in [6, 6.07) is 7.61. The largest absolute Gasteiger partial charge is 0.480 e. The van der Waals surface area contributed by atoms with Crippen molar-refractivity contribution < 1.29 is 9.90 Å². The van der Waals surface area contributed by atoms with Crippen LogP contribution in [0.2, 0.25) is 0 Å². The molecule has 0 aliphatic heterocycles. The number of hydrogen-bond acceptors (Lipinski definition) is 3. The van der Waals surface area contributed by atoms with Gasteiger partial charge < -0.3 is 15.7 Å². The van der Waals surface area contributed by atoms with E-state index < -0.39 is 12.0 Å². The smallest absolute Gasteiger partial charge is 0.322 e. The molecule has 1 rings (SSSR count). The van der Waals surface area contributed by atoms with Gasteiger partial charge in [-0.1, -0.05) is 29.8 Å². The zero-order chi connectivity index (χ0) is 12.0. The molecule has 88 valence electrons. The highest BCUT2D eigenvalue weighted by Gasteiger charge is 2.13. The molecule has 0 bridgehead atoms. The van der Waals surface area contributed by atoms with Crippen LogP contribution in [0.4, 0.5) is 0 Å². The molecule has 4 nitrogen and oxygen atoms in total. The Kier molecular flexibility index (Phi) is 4.95. The summed E-state index contributed by atoms with van der Waals surface area (Å²) >= 11 is 0. The Labute approximate surface area is 95.7 Å². The summed E-state index contributed by atoms with van der Waals surface area (Å²) in [5.41, 5.74) is 2.38. The molecule has 0 radical (unpaired) electrons. The lowest BCUT2D eigenvalue weighted by molar-refractivity contribution is -0.139. The molecule has 1 unspecified atom stereocenters. The molecule has 0 saturated heterocycles. The maximum Gasteiger partial charge on any atom is 0.322 e. The van der Waals surface area contributed by atoms with Gasteiger partial charge in [-0.05, 0) is 19.5 Å². The highest BCUT2D eigenvalue weighted by Crippen LogP contribution is 2.02. The quantitative estimate of drug-likeness (QED) is 0.665. The Morgan fingerprint density at radius 1 is 1.50 bits per heavy atom. The summed E-state index contributed by atoms with van der Waals surface area (Å²) in [5.74, 6) is -0.834. The van der Waals surface area contributed by atoms with Crippen LogP contribution in [0.25, 0.3) is 0 Å². The van der Waals surface area contributed by atoms with Crippen molar-refractivity contribution in [2.75, 3.05) is 13.6 Å². The summed E-state index contributed by atoms with van der Waals surface area (Å²) in [5, 5.41) is 14.7. The molecule has 1 aromatic carbocycles. The number of aryl methyl sites for hydroxylation is 1. The van der Waals surface area contributed by atoms with Crippen molar-refractivity contribution in [1.82, 2.24) is 10.6 Å². The monoisotopic (exact) mass is 222 g/mol. The number of rotatable bonds is 6. The van der Waals surface area contributed by atoms with Gasteiger partial charge in [0.05, 0.1) is 0 Å². The predicted octanol–water partition coefficient (Wildman–Crippen LogP) is 0.757. The first-order chi connectivity index (χ1) is 7.63. The summed E-state index contributed by atoms with van der Waals surface area (Å²) in [6.07, 6.45) is 0. The standard InChI is InChI=1S/C12H18N2O2/c1-9-4-3-5-10(6-9)7-14-8-11(13-2)12(15)16/h3-6,11,13-14H,7-8H2,1-2H3,(H,15,16). The van der Waals surface area contributed by atoms with E-state index in [0.29, 0.717) is 13.1 Å². The number of aliphatic carboxylic acids is 1. The van der Waals surface area contributed by atoms with E-state index in [4.69, 9.17) is 5.11 Å². The Morgan fingerprint density at radius 2 is 2.25 bits per heavy atom. The molecule has 1 aromatic rings. The van der Waals surface area contributed by atoms with Crippen LogP contribution in [0, 0.1) is 6.92 Å². The van der Waals surface area contributed by atoms with Crippen LogP contribution in [-0.4, -0.2) is 30.7 Å². The van der Waals surface area contributed by atoms with Crippen LogP contribution in [0.3, 0.4) is 0 Å². The summed E-state index contributed by atoms with van der Waals surface area (Å²) in [7, 11) is 1.65. The molecule has 0 heterocycles. The fourth-order valence-corrected chi connectivity index (χ4v) is 1.50. The van der Waals surface area contributed by atoms with Gasteiger partial charge in [-0.25, -0.2) is 0 Å². The van der Waals surface area contributed by atoms with E-state index in [1.165, 1.54) is 11.1 Å². The minimum atomic E-state index is -0.834. The molecular weight excluding hydrogens is 204 g/mol. The predicted molar refractivity (Wildman–Crippen MR) is 63.4 cm³/mol. The first-order valence-corrected chi connectivity index (χ1v) is 5.30. The molecule has 0 aliphatic carbocycles. The lowest BCUT2D eigenvalue weighted by atomic mass is 10.1. The van der Waals surface area contributed by atoms with Crippen molar-refractivity contribution in [3.63, 3.8) is 0 Å². The number of benzene rings is 1. The number of likely N-dealkylation sites (N-methyl/N-ethyl adjacent to an activating group) is 1. The van der Waals surface area contributed by atoms with Gasteiger partial charge >= 0.3 is 5.97 Å². The van der Waals surface area contributed by atoms with E-state index in [0.717, 1.165) is 0 Å². The van der Waals surface area contributed by atoms with Crippen LogP contribution in [0.5, 0.6) is 0 Å². The summed E-state index contributed by atoms with van der Waals surface area (Å²) in [4.78, 5) is 10.7. The lowest BCUT2D eigenvalue weighted by Crippen LogP contribution is -2.42. The van der Waals surface area contributed by atoms with Crippen molar-refractivity contribution in [3.05, 3.63) is 35.4 Å². The third kappa shape index (κ3) is 4.00. The molecule has 0 spiro atoms. The maximum atomic E-state index is 10.7. The Balaban J connectivity index is 2.38. The van der Waals surface area contributed by atoms with Crippen LogP contribution >= 0.6 is 0 Å². The third-order valence-corrected chi connectivity index (χ3v) is 2.41. The Morgan fingerprint density at radius 3 is 2.81 bits per heavy atom. The fraction of sp³-hybridized carbons (Fsp3) is 0.417. The average molecular weight is 222 g/mol. The van der Waals surface area contributed by atoms with Gasteiger partial charge in [0.2, 0.25) is 0 Å². The van der Waals surface area contributed by atoms with Crippen LogP contribution in [0.15, 0.2) is 24.3 Å². The third-order valence-electron chi connectivity index (χ3n) is 2.41. The number of carbonyl (C=O) groups is 1. The normalized spacial score (nSPS) is 12.4. The van der Waals surface area contributed by atoms with E-state index in [9.17, 15) is 4.79 Å². The van der Waals surface area contributed by atoms with Crippen molar-refractivity contribution in [2.45, 2.75) is 19.5 Å². The second-order valence-electron chi connectivity index (χ2n) is 3.80. The Hall–Kier alpha value is -1.39. The zero-order valence-electron chi connectivity index (χ0n) is 9.66. The number of carboxylic acids is 1. The van der Waals surface area contributed by atoms with Crippen LogP contribution in [-0.2, 0) is 11.3 Å². The molecule has 0 fully saturated rings. The molecule has 0 amide bonds. The second kappa shape index (κ2) is 6.25. The van der Waals surface area contributed by atoms with E-state index in [2.05, 4.69) is 16.7 Å². The zero-order valence-corrected chi connectivity index (χ0v) is 9.66. The van der Waals surface area contributed by atoms with Gasteiger partial charge in [-0.3, -0.25) is 4.79 Å². The average Bonchev–Trinajstić information content (AvgIpc) is 2.24. The molecule has 0 aromatic heterocycles. The number of hydrogen-bond donors (Lipinski definition) is 3. The SMILES string of the molecule is CNC(CNCc1cccc(C)c1)C(=O)O. The first kappa shape index (κ1) is 12.7. The van der Waals surface area contributed by atoms with Gasteiger partial charge in [-0.15, -0.1) is 0 Å². The molecule has 3 N–H and O–H groups in total. The van der Waals surface area contributed by atoms with Crippen LogP contribution < -0.4 is 10.6 Å². The molecule has 16 heavy (non-hydrogen) atoms. The lowest BCUT2D eigenvalue weighted by Gasteiger charge is -2.12. The van der Waals surface area contributed by atoms with Gasteiger partial charge in [0.1, 0.15) is 6.04 Å². The van der Waals surface area contributed by atoms with Gasteiger partial charge in [0.15, 0.2) is 0 Å². The van der Waals surface area contributed by atoms with Crippen molar-refractivity contribution in [3.8, 4) is 0 Å². The van der Waals surface area contributed by atoms with E-state index in [-0.39, 0.29) is 0 Å². The van der Waals surface area contributed by atoms with Gasteiger partial charge in [0, 0.05) is 13.1 Å². The van der Waals surface area contributed by atoms with Gasteiger partial charge in [0.25, 0.3) is 0 Å². The topological polar surface area (TPSA) is 61.4 Å². The number of carboxylic acid groups (broad SMARTS) is 1. The van der Waals surface area contributed by atoms with Crippen molar-refractivity contribution in [1.29, 1.82) is 0 Å². The van der Waals surface area contributed by atoms with E-state index in [1.54, 1.807) is 7.05 Å². The second-order valence-corrected chi connectivity index (χ2v) is 3.80. The number of nitrogens with one attached hydrogen (secondary N) is 2. The highest BCUT2D eigenvalue weighted by atomic mass is 16.4. The van der Waals surface area contributed by atoms with Crippen molar-refractivity contribution >= 4 is 5.97 Å². The summed E-state index contributed by atoms with van der Waals surface area (Å²) < 4.78 is 0. The minimum absolute atomic E-state index is 0.416. The van der Waals surface area contributed by atoms with Gasteiger partial charge in [-0.2, -0.15) is 0 Å². The van der Waals surface area contributed by atoms with E-state index >= 15 is 0 Å². The minimum Gasteiger partial charge on any atom is -0.480 e. The molecule has 0 saturated carbocycles. The fourth-order valence-electron chi connectivity index (χ4n) is 1.50.